The molecule has 7 heteroatoms. The molecular formula is C22H24NO6+. The molecule has 3 aromatic carbocycles. The number of aromatic hydroxyl groups is 2. The first-order valence-corrected chi connectivity index (χ1v) is 9.77. The van der Waals surface area contributed by atoms with Crippen molar-refractivity contribution in [3.8, 4) is 17.2 Å². The van der Waals surface area contributed by atoms with Crippen molar-refractivity contribution >= 4 is 21.5 Å². The van der Waals surface area contributed by atoms with E-state index in [-0.39, 0.29) is 28.8 Å². The van der Waals surface area contributed by atoms with E-state index in [4.69, 9.17) is 4.74 Å². The number of nitrogens with zero attached hydrogens (tertiary/aromatic N) is 1. The van der Waals surface area contributed by atoms with Gasteiger partial charge in [-0.15, -0.1) is 0 Å². The van der Waals surface area contributed by atoms with Gasteiger partial charge in [-0.2, -0.15) is 4.65 Å². The highest BCUT2D eigenvalue weighted by atomic mass is 16.6. The maximum atomic E-state index is 11.3. The molecule has 2 aliphatic rings. The first kappa shape index (κ1) is 18.4. The van der Waals surface area contributed by atoms with Crippen molar-refractivity contribution < 1.29 is 35.0 Å². The first-order valence-electron chi connectivity index (χ1n) is 9.77. The molecule has 0 amide bonds. The van der Waals surface area contributed by atoms with Crippen molar-refractivity contribution in [2.45, 2.75) is 38.1 Å². The van der Waals surface area contributed by atoms with Crippen LogP contribution in [-0.4, -0.2) is 50.0 Å². The Bertz CT molecular complexity index is 1160. The minimum Gasteiger partial charge on any atom is -0.508 e. The zero-order valence-electron chi connectivity index (χ0n) is 16.1. The number of ether oxygens (including phenoxy) is 1. The van der Waals surface area contributed by atoms with Crippen LogP contribution in [0.5, 0.6) is 17.2 Å². The molecule has 0 saturated carbocycles. The van der Waals surface area contributed by atoms with Gasteiger partial charge < -0.3 is 25.2 Å². The van der Waals surface area contributed by atoms with Gasteiger partial charge in [-0.25, -0.2) is 5.21 Å². The minimum atomic E-state index is -0.891. The molecule has 0 aromatic heterocycles. The summed E-state index contributed by atoms with van der Waals surface area (Å²) in [5.74, 6) is 0.235. The number of benzene rings is 3. The van der Waals surface area contributed by atoms with Gasteiger partial charge >= 0.3 is 0 Å². The third-order valence-corrected chi connectivity index (χ3v) is 6.69. The Morgan fingerprint density at radius 1 is 1.03 bits per heavy atom. The van der Waals surface area contributed by atoms with Crippen molar-refractivity contribution in [2.75, 3.05) is 13.7 Å². The minimum absolute atomic E-state index is 0.0248. The number of hydrogen-bond acceptors (Lipinski definition) is 6. The highest BCUT2D eigenvalue weighted by Gasteiger charge is 2.51. The van der Waals surface area contributed by atoms with Gasteiger partial charge in [0.1, 0.15) is 31.0 Å². The number of rotatable bonds is 2. The second-order valence-electron chi connectivity index (χ2n) is 8.17. The van der Waals surface area contributed by atoms with E-state index in [1.807, 2.05) is 0 Å². The molecule has 5 rings (SSSR count). The fourth-order valence-corrected chi connectivity index (χ4v) is 5.29. The Morgan fingerprint density at radius 3 is 2.48 bits per heavy atom. The van der Waals surface area contributed by atoms with Crippen molar-refractivity contribution in [2.24, 2.45) is 0 Å². The molecule has 0 radical (unpaired) electrons. The lowest BCUT2D eigenvalue weighted by atomic mass is 9.82. The van der Waals surface area contributed by atoms with Crippen LogP contribution in [0.15, 0.2) is 24.3 Å². The van der Waals surface area contributed by atoms with E-state index < -0.39 is 6.10 Å². The number of phenols is 2. The van der Waals surface area contributed by atoms with Crippen LogP contribution in [0.2, 0.25) is 0 Å². The summed E-state index contributed by atoms with van der Waals surface area (Å²) < 4.78 is 5.09. The summed E-state index contributed by atoms with van der Waals surface area (Å²) in [6.07, 6.45) is 0.653. The molecule has 1 saturated heterocycles. The molecule has 0 spiro atoms. The zero-order valence-corrected chi connectivity index (χ0v) is 16.1. The fraction of sp³-hybridized carbons (Fsp3) is 0.364. The molecule has 1 fully saturated rings. The fourth-order valence-electron chi connectivity index (χ4n) is 5.29. The predicted molar refractivity (Wildman–Crippen MR) is 106 cm³/mol. The Balaban J connectivity index is 1.95. The van der Waals surface area contributed by atoms with Crippen LogP contribution in [0.1, 0.15) is 35.6 Å². The van der Waals surface area contributed by atoms with E-state index in [0.29, 0.717) is 46.1 Å². The van der Waals surface area contributed by atoms with E-state index in [1.165, 1.54) is 7.11 Å². The number of hydroxylamine groups is 3. The van der Waals surface area contributed by atoms with Crippen LogP contribution in [0, 0.1) is 0 Å². The van der Waals surface area contributed by atoms with Gasteiger partial charge in [-0.3, -0.25) is 0 Å². The summed E-state index contributed by atoms with van der Waals surface area (Å²) in [5, 5.41) is 55.7. The van der Waals surface area contributed by atoms with Crippen LogP contribution in [0.3, 0.4) is 0 Å². The Hall–Kier alpha value is -2.58. The molecule has 7 nitrogen and oxygen atoms in total. The highest BCUT2D eigenvalue weighted by Crippen LogP contribution is 2.49. The summed E-state index contributed by atoms with van der Waals surface area (Å²) in [6, 6.07) is 6.26. The molecule has 0 aliphatic carbocycles. The topological polar surface area (TPSA) is 110 Å². The normalized spacial score (nSPS) is 25.9. The number of methoxy groups -OCH3 is 1. The summed E-state index contributed by atoms with van der Waals surface area (Å²) in [5.41, 5.74) is 1.84. The molecule has 3 aromatic rings. The number of aliphatic hydroxyl groups is 2. The predicted octanol–water partition coefficient (Wildman–Crippen LogP) is 2.82. The lowest BCUT2D eigenvalue weighted by Crippen LogP contribution is -2.53. The number of quaternary nitrogens is 1. The lowest BCUT2D eigenvalue weighted by molar-refractivity contribution is -1.13. The van der Waals surface area contributed by atoms with E-state index >= 15 is 0 Å². The van der Waals surface area contributed by atoms with E-state index in [1.54, 1.807) is 24.3 Å². The standard InChI is InChI=1S/C22H23NO6/c1-29-20-8-14-13(6-19(20)26)12-5-11(10-24)18(25)7-15(12)21-16(14)9-23(28)4-2-3-17(23)22(21)27/h5-8,17,22,24,27-28H,2-4,9-10H2,1H3,(H-,25,26)/p+1/t17-,22+,23+/m1/s1. The van der Waals surface area contributed by atoms with Gasteiger partial charge in [0.05, 0.1) is 13.7 Å². The first-order chi connectivity index (χ1) is 13.9. The van der Waals surface area contributed by atoms with Crippen molar-refractivity contribution in [1.82, 2.24) is 0 Å². The van der Waals surface area contributed by atoms with Crippen LogP contribution in [-0.2, 0) is 13.2 Å². The third-order valence-electron chi connectivity index (χ3n) is 6.69. The van der Waals surface area contributed by atoms with Crippen molar-refractivity contribution in [3.05, 3.63) is 41.0 Å². The summed E-state index contributed by atoms with van der Waals surface area (Å²) in [7, 11) is 1.47. The maximum absolute atomic E-state index is 11.3. The molecule has 0 unspecified atom stereocenters. The molecular weight excluding hydrogens is 374 g/mol. The zero-order chi connectivity index (χ0) is 20.5. The highest BCUT2D eigenvalue weighted by molar-refractivity contribution is 6.12. The third kappa shape index (κ3) is 2.45. The van der Waals surface area contributed by atoms with Crippen molar-refractivity contribution in [1.29, 1.82) is 0 Å². The summed E-state index contributed by atoms with van der Waals surface area (Å²) in [4.78, 5) is 0. The van der Waals surface area contributed by atoms with Crippen LogP contribution in [0.4, 0.5) is 0 Å². The largest absolute Gasteiger partial charge is 0.508 e. The van der Waals surface area contributed by atoms with Crippen molar-refractivity contribution in [3.63, 3.8) is 0 Å². The average Bonchev–Trinajstić information content (AvgIpc) is 3.09. The van der Waals surface area contributed by atoms with Crippen LogP contribution < -0.4 is 4.74 Å². The Labute approximate surface area is 167 Å². The molecule has 2 heterocycles. The smallest absolute Gasteiger partial charge is 0.161 e. The van der Waals surface area contributed by atoms with Gasteiger partial charge in [0.25, 0.3) is 0 Å². The van der Waals surface area contributed by atoms with E-state index in [2.05, 4.69) is 0 Å². The van der Waals surface area contributed by atoms with E-state index in [0.717, 1.165) is 23.8 Å². The number of aliphatic hydroxyl groups excluding tert-OH is 2. The lowest BCUT2D eigenvalue weighted by Gasteiger charge is -2.40. The maximum Gasteiger partial charge on any atom is 0.161 e. The molecule has 29 heavy (non-hydrogen) atoms. The molecule has 2 aliphatic heterocycles. The molecule has 0 bridgehead atoms. The van der Waals surface area contributed by atoms with Gasteiger partial charge in [-0.1, -0.05) is 0 Å². The van der Waals surface area contributed by atoms with Gasteiger partial charge in [0.15, 0.2) is 11.5 Å². The summed E-state index contributed by atoms with van der Waals surface area (Å²) in [6.45, 7) is 0.578. The SMILES string of the molecule is COc1cc2c3c(c4cc(O)c(CO)cc4c2cc1O)[C@@H](O)[C@H]1CCC[N@+]1(O)C3. The Kier molecular flexibility index (Phi) is 3.95. The van der Waals surface area contributed by atoms with Gasteiger partial charge in [0.2, 0.25) is 0 Å². The second-order valence-corrected chi connectivity index (χ2v) is 8.17. The monoisotopic (exact) mass is 398 g/mol. The van der Waals surface area contributed by atoms with E-state index in [9.17, 15) is 25.6 Å². The molecule has 152 valence electrons. The summed E-state index contributed by atoms with van der Waals surface area (Å²) >= 11 is 0. The average molecular weight is 398 g/mol. The van der Waals surface area contributed by atoms with Crippen LogP contribution >= 0.6 is 0 Å². The van der Waals surface area contributed by atoms with Gasteiger partial charge in [0, 0.05) is 29.5 Å². The quantitative estimate of drug-likeness (QED) is 0.335. The number of hydrogen-bond donors (Lipinski definition) is 5. The van der Waals surface area contributed by atoms with Crippen LogP contribution in [0.25, 0.3) is 21.5 Å². The van der Waals surface area contributed by atoms with Gasteiger partial charge in [-0.05, 0) is 45.8 Å². The molecule has 5 N–H and O–H groups in total. The number of fused-ring (bicyclic) bond motifs is 7. The molecule has 3 atom stereocenters. The number of phenolic OH excluding ortho intramolecular Hbond substituents is 1. The second kappa shape index (κ2) is 6.21. The Morgan fingerprint density at radius 2 is 1.76 bits per heavy atom.